The van der Waals surface area contributed by atoms with Crippen molar-refractivity contribution in [2.75, 3.05) is 0 Å². The minimum absolute atomic E-state index is 0.694. The van der Waals surface area contributed by atoms with Crippen molar-refractivity contribution in [3.63, 3.8) is 0 Å². The standard InChI is InChI=1S/C18H17NO/c1-12-7-9-14(10-8-12)18(20)17-16-6-4-3-5-15(16)11-13(2)19-17/h3-11,18,20H,1-2H3/t18-/m1/s1. The molecule has 0 radical (unpaired) electrons. The molecule has 0 aliphatic carbocycles. The fraction of sp³-hybridized carbons (Fsp3) is 0.167. The second-order valence-electron chi connectivity index (χ2n) is 5.18. The number of hydrogen-bond acceptors (Lipinski definition) is 2. The minimum atomic E-state index is -0.694. The molecule has 0 aliphatic rings. The van der Waals surface area contributed by atoms with Gasteiger partial charge in [-0.1, -0.05) is 54.1 Å². The summed E-state index contributed by atoms with van der Waals surface area (Å²) in [5.41, 5.74) is 3.70. The zero-order valence-electron chi connectivity index (χ0n) is 11.7. The van der Waals surface area contributed by atoms with E-state index in [1.807, 2.05) is 62.4 Å². The molecule has 20 heavy (non-hydrogen) atoms. The van der Waals surface area contributed by atoms with Crippen molar-refractivity contribution in [3.8, 4) is 0 Å². The van der Waals surface area contributed by atoms with Gasteiger partial charge in [0.2, 0.25) is 0 Å². The summed E-state index contributed by atoms with van der Waals surface area (Å²) in [7, 11) is 0. The van der Waals surface area contributed by atoms with E-state index in [-0.39, 0.29) is 0 Å². The zero-order chi connectivity index (χ0) is 14.1. The molecule has 0 saturated carbocycles. The average Bonchev–Trinajstić information content (AvgIpc) is 2.46. The van der Waals surface area contributed by atoms with Crippen molar-refractivity contribution in [1.82, 2.24) is 4.98 Å². The van der Waals surface area contributed by atoms with Crippen LogP contribution in [0.3, 0.4) is 0 Å². The van der Waals surface area contributed by atoms with Crippen LogP contribution in [0.15, 0.2) is 54.6 Å². The highest BCUT2D eigenvalue weighted by molar-refractivity contribution is 5.85. The summed E-state index contributed by atoms with van der Waals surface area (Å²) in [6, 6.07) is 18.0. The molecule has 0 spiro atoms. The van der Waals surface area contributed by atoms with E-state index in [0.29, 0.717) is 0 Å². The fourth-order valence-corrected chi connectivity index (χ4v) is 2.48. The van der Waals surface area contributed by atoms with Crippen LogP contribution in [-0.4, -0.2) is 10.1 Å². The largest absolute Gasteiger partial charge is 0.382 e. The molecule has 0 saturated heterocycles. The summed E-state index contributed by atoms with van der Waals surface area (Å²) < 4.78 is 0. The van der Waals surface area contributed by atoms with Gasteiger partial charge in [-0.05, 0) is 30.9 Å². The molecule has 1 heterocycles. The number of benzene rings is 2. The number of aromatic nitrogens is 1. The van der Waals surface area contributed by atoms with Crippen molar-refractivity contribution in [3.05, 3.63) is 77.1 Å². The topological polar surface area (TPSA) is 33.1 Å². The maximum absolute atomic E-state index is 10.6. The lowest BCUT2D eigenvalue weighted by atomic mass is 9.99. The third kappa shape index (κ3) is 2.30. The first kappa shape index (κ1) is 12.8. The number of fused-ring (bicyclic) bond motifs is 1. The Morgan fingerprint density at radius 3 is 2.40 bits per heavy atom. The molecule has 0 aliphatic heterocycles. The third-order valence-electron chi connectivity index (χ3n) is 3.55. The van der Waals surface area contributed by atoms with Crippen molar-refractivity contribution < 1.29 is 5.11 Å². The van der Waals surface area contributed by atoms with Crippen molar-refractivity contribution in [1.29, 1.82) is 0 Å². The molecule has 3 rings (SSSR count). The number of aliphatic hydroxyl groups is 1. The van der Waals surface area contributed by atoms with Crippen LogP contribution in [0, 0.1) is 13.8 Å². The Morgan fingerprint density at radius 2 is 1.65 bits per heavy atom. The Kier molecular flexibility index (Phi) is 3.25. The van der Waals surface area contributed by atoms with Gasteiger partial charge in [-0.15, -0.1) is 0 Å². The molecule has 3 aromatic rings. The van der Waals surface area contributed by atoms with E-state index in [9.17, 15) is 5.11 Å². The van der Waals surface area contributed by atoms with Gasteiger partial charge in [0.25, 0.3) is 0 Å². The second kappa shape index (κ2) is 5.06. The first-order valence-corrected chi connectivity index (χ1v) is 6.76. The number of aliphatic hydroxyl groups excluding tert-OH is 1. The van der Waals surface area contributed by atoms with E-state index in [1.165, 1.54) is 5.56 Å². The van der Waals surface area contributed by atoms with E-state index in [0.717, 1.165) is 27.7 Å². The summed E-state index contributed by atoms with van der Waals surface area (Å²) >= 11 is 0. The smallest absolute Gasteiger partial charge is 0.122 e. The quantitative estimate of drug-likeness (QED) is 0.760. The number of rotatable bonds is 2. The molecule has 1 N–H and O–H groups in total. The van der Waals surface area contributed by atoms with Gasteiger partial charge in [-0.3, -0.25) is 4.98 Å². The molecule has 0 fully saturated rings. The van der Waals surface area contributed by atoms with Gasteiger partial charge in [0, 0.05) is 11.1 Å². The molecule has 2 aromatic carbocycles. The Bertz CT molecular complexity index is 747. The van der Waals surface area contributed by atoms with Crippen LogP contribution >= 0.6 is 0 Å². The monoisotopic (exact) mass is 263 g/mol. The van der Waals surface area contributed by atoms with E-state index in [2.05, 4.69) is 11.1 Å². The Labute approximate surface area is 118 Å². The molecule has 2 nitrogen and oxygen atoms in total. The Hall–Kier alpha value is -2.19. The summed E-state index contributed by atoms with van der Waals surface area (Å²) in [4.78, 5) is 4.55. The first-order chi connectivity index (χ1) is 9.65. The van der Waals surface area contributed by atoms with Crippen LogP contribution in [0.1, 0.15) is 28.6 Å². The molecular formula is C18H17NO. The van der Waals surface area contributed by atoms with E-state index in [4.69, 9.17) is 0 Å². The summed E-state index contributed by atoms with van der Waals surface area (Å²) in [6.45, 7) is 3.99. The van der Waals surface area contributed by atoms with Gasteiger partial charge in [-0.25, -0.2) is 0 Å². The van der Waals surface area contributed by atoms with Gasteiger partial charge in [-0.2, -0.15) is 0 Å². The lowest BCUT2D eigenvalue weighted by molar-refractivity contribution is 0.217. The predicted octanol–water partition coefficient (Wildman–Crippen LogP) is 3.93. The number of hydrogen-bond donors (Lipinski definition) is 1. The molecule has 1 atom stereocenters. The number of aryl methyl sites for hydroxylation is 2. The molecule has 2 heteroatoms. The molecule has 0 bridgehead atoms. The van der Waals surface area contributed by atoms with Crippen LogP contribution in [-0.2, 0) is 0 Å². The van der Waals surface area contributed by atoms with Crippen LogP contribution in [0.25, 0.3) is 10.8 Å². The Balaban J connectivity index is 2.15. The van der Waals surface area contributed by atoms with Crippen LogP contribution < -0.4 is 0 Å². The SMILES string of the molecule is Cc1ccc([C@@H](O)c2nc(C)cc3ccccc23)cc1. The van der Waals surface area contributed by atoms with Gasteiger partial charge in [0.05, 0.1) is 5.69 Å². The van der Waals surface area contributed by atoms with Crippen LogP contribution in [0.5, 0.6) is 0 Å². The maximum atomic E-state index is 10.6. The van der Waals surface area contributed by atoms with Gasteiger partial charge >= 0.3 is 0 Å². The molecular weight excluding hydrogens is 246 g/mol. The summed E-state index contributed by atoms with van der Waals surface area (Å²) in [6.07, 6.45) is -0.694. The lowest BCUT2D eigenvalue weighted by Gasteiger charge is -2.14. The number of pyridine rings is 1. The van der Waals surface area contributed by atoms with Gasteiger partial charge < -0.3 is 5.11 Å². The molecule has 0 unspecified atom stereocenters. The fourth-order valence-electron chi connectivity index (χ4n) is 2.48. The molecule has 1 aromatic heterocycles. The summed E-state index contributed by atoms with van der Waals surface area (Å²) in [5.74, 6) is 0. The highest BCUT2D eigenvalue weighted by Crippen LogP contribution is 2.28. The van der Waals surface area contributed by atoms with Crippen molar-refractivity contribution in [2.24, 2.45) is 0 Å². The van der Waals surface area contributed by atoms with E-state index in [1.54, 1.807) is 0 Å². The van der Waals surface area contributed by atoms with Gasteiger partial charge in [0.1, 0.15) is 6.10 Å². The minimum Gasteiger partial charge on any atom is -0.382 e. The van der Waals surface area contributed by atoms with Gasteiger partial charge in [0.15, 0.2) is 0 Å². The maximum Gasteiger partial charge on any atom is 0.122 e. The zero-order valence-corrected chi connectivity index (χ0v) is 11.7. The lowest BCUT2D eigenvalue weighted by Crippen LogP contribution is -2.04. The first-order valence-electron chi connectivity index (χ1n) is 6.76. The Morgan fingerprint density at radius 1 is 0.950 bits per heavy atom. The van der Waals surface area contributed by atoms with Crippen molar-refractivity contribution in [2.45, 2.75) is 20.0 Å². The highest BCUT2D eigenvalue weighted by Gasteiger charge is 2.15. The van der Waals surface area contributed by atoms with E-state index >= 15 is 0 Å². The third-order valence-corrected chi connectivity index (χ3v) is 3.55. The predicted molar refractivity (Wildman–Crippen MR) is 81.7 cm³/mol. The highest BCUT2D eigenvalue weighted by atomic mass is 16.3. The van der Waals surface area contributed by atoms with Crippen LogP contribution in [0.4, 0.5) is 0 Å². The van der Waals surface area contributed by atoms with Crippen LogP contribution in [0.2, 0.25) is 0 Å². The average molecular weight is 263 g/mol. The number of nitrogens with zero attached hydrogens (tertiary/aromatic N) is 1. The molecule has 100 valence electrons. The normalized spacial score (nSPS) is 12.6. The van der Waals surface area contributed by atoms with E-state index < -0.39 is 6.10 Å². The van der Waals surface area contributed by atoms with Crippen molar-refractivity contribution >= 4 is 10.8 Å². The summed E-state index contributed by atoms with van der Waals surface area (Å²) in [5, 5.41) is 12.8. The second-order valence-corrected chi connectivity index (χ2v) is 5.18. The molecule has 0 amide bonds.